The quantitative estimate of drug-likeness (QED) is 0.277. The number of aromatic nitrogens is 1. The first kappa shape index (κ1) is 26.7. The monoisotopic (exact) mass is 548 g/mol. The predicted molar refractivity (Wildman–Crippen MR) is 154 cm³/mol. The highest BCUT2D eigenvalue weighted by Crippen LogP contribution is 2.39. The summed E-state index contributed by atoms with van der Waals surface area (Å²) in [5, 5.41) is 13.7. The van der Waals surface area contributed by atoms with Gasteiger partial charge in [0.05, 0.1) is 10.9 Å². The molecule has 188 valence electrons. The van der Waals surface area contributed by atoms with Crippen LogP contribution in [0.1, 0.15) is 47.7 Å². The Morgan fingerprint density at radius 3 is 2.49 bits per heavy atom. The van der Waals surface area contributed by atoms with E-state index in [1.807, 2.05) is 68.4 Å². The van der Waals surface area contributed by atoms with Crippen molar-refractivity contribution < 1.29 is 4.79 Å². The lowest BCUT2D eigenvalue weighted by atomic mass is 10.0. The molecule has 1 amide bonds. The molecule has 0 spiro atoms. The Labute approximate surface area is 230 Å². The molecule has 37 heavy (non-hydrogen) atoms. The second kappa shape index (κ2) is 11.3. The molecule has 4 rings (SSSR count). The van der Waals surface area contributed by atoms with Crippen LogP contribution in [-0.4, -0.2) is 19.7 Å². The van der Waals surface area contributed by atoms with Gasteiger partial charge in [-0.3, -0.25) is 19.1 Å². The number of thiocarbonyl (C=S) groups is 1. The maximum absolute atomic E-state index is 13.5. The average Bonchev–Trinajstić information content (AvgIpc) is 3.18. The molecule has 1 unspecified atom stereocenters. The summed E-state index contributed by atoms with van der Waals surface area (Å²) in [6.07, 6.45) is 1.73. The molecular weight excluding hydrogens is 524 g/mol. The van der Waals surface area contributed by atoms with Crippen LogP contribution in [0.4, 0.5) is 5.82 Å². The Balaban J connectivity index is 1.80. The summed E-state index contributed by atoms with van der Waals surface area (Å²) < 4.78 is 1.97. The minimum atomic E-state index is -0.383. The second-order valence-corrected chi connectivity index (χ2v) is 10.6. The molecule has 2 heterocycles. The molecule has 2 aromatic carbocycles. The number of amides is 1. The number of nitrogens with one attached hydrogen (secondary N) is 1. The van der Waals surface area contributed by atoms with Crippen LogP contribution in [0.3, 0.4) is 0 Å². The number of thioether (sulfide) groups is 1. The van der Waals surface area contributed by atoms with Crippen LogP contribution in [0.25, 0.3) is 6.08 Å². The van der Waals surface area contributed by atoms with E-state index in [1.54, 1.807) is 24.0 Å². The summed E-state index contributed by atoms with van der Waals surface area (Å²) >= 11 is 13.2. The molecule has 1 atom stereocenters. The molecule has 1 aliphatic heterocycles. The Hall–Kier alpha value is -3.38. The van der Waals surface area contributed by atoms with Gasteiger partial charge in [0.15, 0.2) is 0 Å². The van der Waals surface area contributed by atoms with E-state index in [4.69, 9.17) is 23.8 Å². The van der Waals surface area contributed by atoms with E-state index in [1.165, 1.54) is 16.3 Å². The topological polar surface area (TPSA) is 78.1 Å². The van der Waals surface area contributed by atoms with Crippen molar-refractivity contribution in [2.75, 3.05) is 5.32 Å². The Morgan fingerprint density at radius 1 is 1.16 bits per heavy atom. The van der Waals surface area contributed by atoms with Crippen molar-refractivity contribution in [2.24, 2.45) is 0 Å². The molecule has 1 N–H and O–H groups in total. The zero-order chi connectivity index (χ0) is 26.7. The van der Waals surface area contributed by atoms with Gasteiger partial charge >= 0.3 is 0 Å². The molecule has 1 aliphatic rings. The van der Waals surface area contributed by atoms with Crippen molar-refractivity contribution >= 4 is 57.7 Å². The van der Waals surface area contributed by atoms with Gasteiger partial charge in [-0.2, -0.15) is 5.26 Å². The molecule has 1 fully saturated rings. The lowest BCUT2D eigenvalue weighted by Gasteiger charge is -2.23. The standard InChI is InChI=1S/C28H25ClN4O2S2/c1-4-32-25(31-16-20-12-8-9-13-23(20)29)21(17(2)22(15-30)26(32)34)14-24-27(35)33(28(36)37-24)18(3)19-10-6-5-7-11-19/h5-14,18,31H,4,16H2,1-3H3/b24-14+. The lowest BCUT2D eigenvalue weighted by molar-refractivity contribution is -0.123. The third-order valence-corrected chi connectivity index (χ3v) is 8.06. The van der Waals surface area contributed by atoms with Crippen LogP contribution >= 0.6 is 35.6 Å². The van der Waals surface area contributed by atoms with Gasteiger partial charge in [0.1, 0.15) is 21.8 Å². The van der Waals surface area contributed by atoms with E-state index in [-0.39, 0.29) is 23.1 Å². The fourth-order valence-corrected chi connectivity index (χ4v) is 5.90. The molecule has 0 bridgehead atoms. The number of hydrogen-bond acceptors (Lipinski definition) is 6. The van der Waals surface area contributed by atoms with Crippen LogP contribution in [0, 0.1) is 18.3 Å². The van der Waals surface area contributed by atoms with Crippen molar-refractivity contribution in [3.05, 3.63) is 103 Å². The summed E-state index contributed by atoms with van der Waals surface area (Å²) in [6, 6.07) is 19.0. The van der Waals surface area contributed by atoms with E-state index < -0.39 is 0 Å². The molecule has 0 aliphatic carbocycles. The van der Waals surface area contributed by atoms with E-state index in [0.29, 0.717) is 44.3 Å². The van der Waals surface area contributed by atoms with Gasteiger partial charge in [0, 0.05) is 23.7 Å². The number of nitriles is 1. The van der Waals surface area contributed by atoms with Crippen LogP contribution in [0.15, 0.2) is 64.3 Å². The first-order valence-electron chi connectivity index (χ1n) is 11.7. The number of anilines is 1. The molecule has 0 radical (unpaired) electrons. The second-order valence-electron chi connectivity index (χ2n) is 8.51. The van der Waals surface area contributed by atoms with E-state index in [9.17, 15) is 14.9 Å². The summed E-state index contributed by atoms with van der Waals surface area (Å²) in [4.78, 5) is 28.7. The predicted octanol–water partition coefficient (Wildman–Crippen LogP) is 6.28. The maximum Gasteiger partial charge on any atom is 0.270 e. The first-order chi connectivity index (χ1) is 17.8. The van der Waals surface area contributed by atoms with Crippen LogP contribution in [0.2, 0.25) is 5.02 Å². The number of hydrogen-bond donors (Lipinski definition) is 1. The molecule has 9 heteroatoms. The highest BCUT2D eigenvalue weighted by molar-refractivity contribution is 8.26. The molecular formula is C28H25ClN4O2S2. The number of rotatable bonds is 7. The van der Waals surface area contributed by atoms with Crippen molar-refractivity contribution in [2.45, 2.75) is 39.9 Å². The zero-order valence-electron chi connectivity index (χ0n) is 20.6. The average molecular weight is 549 g/mol. The minimum Gasteiger partial charge on any atom is -0.367 e. The van der Waals surface area contributed by atoms with E-state index in [0.717, 1.165) is 11.1 Å². The number of benzene rings is 2. The third-order valence-electron chi connectivity index (χ3n) is 6.36. The van der Waals surface area contributed by atoms with Gasteiger partial charge in [-0.05, 0) is 49.6 Å². The highest BCUT2D eigenvalue weighted by Gasteiger charge is 2.36. The third kappa shape index (κ3) is 5.21. The maximum atomic E-state index is 13.5. The van der Waals surface area contributed by atoms with Gasteiger partial charge < -0.3 is 5.32 Å². The number of carbonyl (C=O) groups is 1. The number of pyridine rings is 1. The van der Waals surface area contributed by atoms with Gasteiger partial charge in [-0.1, -0.05) is 84.1 Å². The fraction of sp³-hybridized carbons (Fsp3) is 0.214. The highest BCUT2D eigenvalue weighted by atomic mass is 35.5. The summed E-state index contributed by atoms with van der Waals surface area (Å²) in [5.41, 5.74) is 2.59. The SMILES string of the molecule is CCn1c(NCc2ccccc2Cl)c(/C=C2/SC(=S)N(C(C)c3ccccc3)C2=O)c(C)c(C#N)c1=O. The number of halogens is 1. The van der Waals surface area contributed by atoms with Gasteiger partial charge in [0.25, 0.3) is 11.5 Å². The number of nitrogens with zero attached hydrogens (tertiary/aromatic N) is 3. The Kier molecular flexibility index (Phi) is 8.18. The van der Waals surface area contributed by atoms with E-state index in [2.05, 4.69) is 5.32 Å². The zero-order valence-corrected chi connectivity index (χ0v) is 23.0. The number of carbonyl (C=O) groups excluding carboxylic acids is 1. The normalized spacial score (nSPS) is 15.2. The molecule has 1 saturated heterocycles. The van der Waals surface area contributed by atoms with Crippen LogP contribution in [0.5, 0.6) is 0 Å². The Morgan fingerprint density at radius 2 is 1.84 bits per heavy atom. The lowest BCUT2D eigenvalue weighted by Crippen LogP contribution is -2.31. The molecule has 6 nitrogen and oxygen atoms in total. The fourth-order valence-electron chi connectivity index (χ4n) is 4.30. The van der Waals surface area contributed by atoms with E-state index >= 15 is 0 Å². The van der Waals surface area contributed by atoms with Crippen molar-refractivity contribution in [3.8, 4) is 6.07 Å². The molecule has 0 saturated carbocycles. The van der Waals surface area contributed by atoms with Crippen LogP contribution < -0.4 is 10.9 Å². The van der Waals surface area contributed by atoms with Gasteiger partial charge in [-0.25, -0.2) is 0 Å². The van der Waals surface area contributed by atoms with Gasteiger partial charge in [0.2, 0.25) is 0 Å². The Bertz CT molecular complexity index is 1510. The van der Waals surface area contributed by atoms with Gasteiger partial charge in [-0.15, -0.1) is 0 Å². The van der Waals surface area contributed by atoms with Crippen molar-refractivity contribution in [1.82, 2.24) is 9.47 Å². The van der Waals surface area contributed by atoms with Crippen LogP contribution in [-0.2, 0) is 17.9 Å². The minimum absolute atomic E-state index is 0.0459. The largest absolute Gasteiger partial charge is 0.367 e. The summed E-state index contributed by atoms with van der Waals surface area (Å²) in [7, 11) is 0. The van der Waals surface area contributed by atoms with Crippen molar-refractivity contribution in [3.63, 3.8) is 0 Å². The summed E-state index contributed by atoms with van der Waals surface area (Å²) in [6.45, 7) is 6.20. The first-order valence-corrected chi connectivity index (χ1v) is 13.4. The summed E-state index contributed by atoms with van der Waals surface area (Å²) in [5.74, 6) is 0.306. The van der Waals surface area contributed by atoms with Crippen molar-refractivity contribution in [1.29, 1.82) is 5.26 Å². The molecule has 3 aromatic rings. The molecule has 1 aromatic heterocycles. The smallest absolute Gasteiger partial charge is 0.270 e.